The molecule has 14 heavy (non-hydrogen) atoms. The van der Waals surface area contributed by atoms with Crippen LogP contribution >= 0.6 is 0 Å². The van der Waals surface area contributed by atoms with Gasteiger partial charge in [0.1, 0.15) is 5.82 Å². The second-order valence-electron chi connectivity index (χ2n) is 4.31. The van der Waals surface area contributed by atoms with Gasteiger partial charge in [-0.3, -0.25) is 0 Å². The molecule has 78 valence electrons. The maximum Gasteiger partial charge on any atom is 0.108 e. The van der Waals surface area contributed by atoms with Crippen LogP contribution in [0.25, 0.3) is 0 Å². The number of nitrogens with one attached hydrogen (secondary N) is 1. The molecule has 0 radical (unpaired) electrons. The van der Waals surface area contributed by atoms with Crippen molar-refractivity contribution in [3.8, 4) is 0 Å². The molecule has 1 aliphatic rings. The van der Waals surface area contributed by atoms with Crippen molar-refractivity contribution >= 4 is 0 Å². The van der Waals surface area contributed by atoms with Crippen LogP contribution in [-0.4, -0.2) is 15.6 Å². The molecule has 3 heteroatoms. The molecule has 2 rings (SSSR count). The smallest absolute Gasteiger partial charge is 0.108 e. The lowest BCUT2D eigenvalue weighted by Crippen LogP contribution is -2.24. The van der Waals surface area contributed by atoms with E-state index in [1.807, 2.05) is 6.20 Å². The molecule has 3 nitrogen and oxygen atoms in total. The summed E-state index contributed by atoms with van der Waals surface area (Å²) in [5, 5.41) is 3.44. The third-order valence-electron chi connectivity index (χ3n) is 2.74. The molecule has 0 saturated heterocycles. The number of aromatic nitrogens is 2. The Bertz CT molecular complexity index is 301. The Hall–Kier alpha value is -0.830. The van der Waals surface area contributed by atoms with Gasteiger partial charge in [-0.05, 0) is 12.8 Å². The van der Waals surface area contributed by atoms with Crippen molar-refractivity contribution in [2.45, 2.75) is 52.2 Å². The summed E-state index contributed by atoms with van der Waals surface area (Å²) in [6.45, 7) is 6.45. The Labute approximate surface area is 85.5 Å². The Morgan fingerprint density at radius 3 is 3.14 bits per heavy atom. The Kier molecular flexibility index (Phi) is 2.87. The van der Waals surface area contributed by atoms with E-state index < -0.39 is 0 Å². The first-order valence-corrected chi connectivity index (χ1v) is 5.54. The molecule has 2 heterocycles. The summed E-state index contributed by atoms with van der Waals surface area (Å²) in [6.07, 6.45) is 5.78. The van der Waals surface area contributed by atoms with E-state index in [-0.39, 0.29) is 0 Å². The highest BCUT2D eigenvalue weighted by Gasteiger charge is 2.13. The fourth-order valence-electron chi connectivity index (χ4n) is 1.93. The largest absolute Gasteiger partial charge is 0.331 e. The normalized spacial score (nSPS) is 15.9. The van der Waals surface area contributed by atoms with Crippen LogP contribution in [0.3, 0.4) is 0 Å². The number of aryl methyl sites for hydroxylation is 1. The molecule has 1 aromatic rings. The van der Waals surface area contributed by atoms with Gasteiger partial charge in [-0.1, -0.05) is 13.8 Å². The molecule has 0 unspecified atom stereocenters. The van der Waals surface area contributed by atoms with Gasteiger partial charge in [0.25, 0.3) is 0 Å². The molecular weight excluding hydrogens is 174 g/mol. The lowest BCUT2D eigenvalue weighted by Gasteiger charge is -2.17. The van der Waals surface area contributed by atoms with Crippen molar-refractivity contribution in [2.24, 2.45) is 0 Å². The first-order chi connectivity index (χ1) is 6.77. The maximum absolute atomic E-state index is 4.46. The van der Waals surface area contributed by atoms with Crippen molar-refractivity contribution in [1.29, 1.82) is 0 Å². The molecule has 0 spiro atoms. The number of nitrogens with zero attached hydrogens (tertiary/aromatic N) is 2. The highest BCUT2D eigenvalue weighted by atomic mass is 15.1. The average Bonchev–Trinajstić information content (AvgIpc) is 2.58. The first kappa shape index (κ1) is 9.71. The molecular formula is C11H19N3. The van der Waals surface area contributed by atoms with Gasteiger partial charge in [0.2, 0.25) is 0 Å². The number of rotatable bonds is 3. The molecule has 1 aliphatic heterocycles. The number of hydrogen-bond donors (Lipinski definition) is 1. The average molecular weight is 193 g/mol. The van der Waals surface area contributed by atoms with Crippen LogP contribution in [0.15, 0.2) is 6.20 Å². The van der Waals surface area contributed by atoms with E-state index in [0.29, 0.717) is 6.04 Å². The maximum atomic E-state index is 4.46. The van der Waals surface area contributed by atoms with Gasteiger partial charge in [-0.2, -0.15) is 0 Å². The fourth-order valence-corrected chi connectivity index (χ4v) is 1.93. The van der Waals surface area contributed by atoms with Crippen LogP contribution in [0, 0.1) is 0 Å². The van der Waals surface area contributed by atoms with Crippen LogP contribution in [0.4, 0.5) is 0 Å². The number of hydrogen-bond acceptors (Lipinski definition) is 2. The summed E-state index contributed by atoms with van der Waals surface area (Å²) in [6, 6.07) is 0.546. The molecule has 0 aliphatic carbocycles. The van der Waals surface area contributed by atoms with E-state index in [2.05, 4.69) is 28.7 Å². The van der Waals surface area contributed by atoms with E-state index >= 15 is 0 Å². The predicted molar refractivity (Wildman–Crippen MR) is 57.1 cm³/mol. The van der Waals surface area contributed by atoms with E-state index in [1.165, 1.54) is 24.4 Å². The van der Waals surface area contributed by atoms with Gasteiger partial charge in [-0.15, -0.1) is 0 Å². The van der Waals surface area contributed by atoms with Gasteiger partial charge < -0.3 is 9.88 Å². The number of imidazole rings is 1. The standard InChI is InChI=1S/C11H19N3/c1-9(2)12-7-10-8-13-11-5-3-4-6-14(10)11/h8-9,12H,3-7H2,1-2H3. The zero-order chi connectivity index (χ0) is 9.97. The zero-order valence-electron chi connectivity index (χ0n) is 9.08. The highest BCUT2D eigenvalue weighted by Crippen LogP contribution is 2.15. The van der Waals surface area contributed by atoms with Crippen LogP contribution in [0.1, 0.15) is 38.2 Å². The van der Waals surface area contributed by atoms with E-state index in [9.17, 15) is 0 Å². The van der Waals surface area contributed by atoms with Gasteiger partial charge in [0.15, 0.2) is 0 Å². The van der Waals surface area contributed by atoms with Gasteiger partial charge in [0.05, 0.1) is 5.69 Å². The minimum Gasteiger partial charge on any atom is -0.331 e. The van der Waals surface area contributed by atoms with Gasteiger partial charge in [0, 0.05) is 31.7 Å². The number of fused-ring (bicyclic) bond motifs is 1. The molecule has 1 aromatic heterocycles. The van der Waals surface area contributed by atoms with Crippen LogP contribution in [0.2, 0.25) is 0 Å². The van der Waals surface area contributed by atoms with E-state index in [0.717, 1.165) is 19.5 Å². The van der Waals surface area contributed by atoms with E-state index in [4.69, 9.17) is 0 Å². The molecule has 1 N–H and O–H groups in total. The topological polar surface area (TPSA) is 29.9 Å². The third-order valence-corrected chi connectivity index (χ3v) is 2.74. The summed E-state index contributed by atoms with van der Waals surface area (Å²) < 4.78 is 2.37. The molecule has 0 saturated carbocycles. The quantitative estimate of drug-likeness (QED) is 0.792. The Morgan fingerprint density at radius 1 is 1.50 bits per heavy atom. The second-order valence-corrected chi connectivity index (χ2v) is 4.31. The van der Waals surface area contributed by atoms with Crippen molar-refractivity contribution in [2.75, 3.05) is 0 Å². The van der Waals surface area contributed by atoms with Gasteiger partial charge in [-0.25, -0.2) is 4.98 Å². The minimum absolute atomic E-state index is 0.546. The van der Waals surface area contributed by atoms with Crippen molar-refractivity contribution < 1.29 is 0 Å². The second kappa shape index (κ2) is 4.13. The summed E-state index contributed by atoms with van der Waals surface area (Å²) in [7, 11) is 0. The third kappa shape index (κ3) is 1.98. The summed E-state index contributed by atoms with van der Waals surface area (Å²) >= 11 is 0. The molecule has 0 bridgehead atoms. The lowest BCUT2D eigenvalue weighted by atomic mass is 10.1. The van der Waals surface area contributed by atoms with Crippen LogP contribution in [-0.2, 0) is 19.5 Å². The first-order valence-electron chi connectivity index (χ1n) is 5.54. The monoisotopic (exact) mass is 193 g/mol. The highest BCUT2D eigenvalue weighted by molar-refractivity contribution is 5.07. The van der Waals surface area contributed by atoms with Crippen molar-refractivity contribution in [1.82, 2.24) is 14.9 Å². The van der Waals surface area contributed by atoms with Crippen molar-refractivity contribution in [3.63, 3.8) is 0 Å². The van der Waals surface area contributed by atoms with E-state index in [1.54, 1.807) is 0 Å². The molecule has 0 fully saturated rings. The Morgan fingerprint density at radius 2 is 2.36 bits per heavy atom. The summed E-state index contributed by atoms with van der Waals surface area (Å²) in [4.78, 5) is 4.46. The Balaban J connectivity index is 2.06. The molecule has 0 aromatic carbocycles. The molecule has 0 amide bonds. The summed E-state index contributed by atoms with van der Waals surface area (Å²) in [5.41, 5.74) is 1.34. The zero-order valence-corrected chi connectivity index (χ0v) is 9.08. The molecule has 0 atom stereocenters. The van der Waals surface area contributed by atoms with Crippen molar-refractivity contribution in [3.05, 3.63) is 17.7 Å². The van der Waals surface area contributed by atoms with Crippen LogP contribution < -0.4 is 5.32 Å². The minimum atomic E-state index is 0.546. The fraction of sp³-hybridized carbons (Fsp3) is 0.727. The van der Waals surface area contributed by atoms with Crippen LogP contribution in [0.5, 0.6) is 0 Å². The predicted octanol–water partition coefficient (Wildman–Crippen LogP) is 1.72. The summed E-state index contributed by atoms with van der Waals surface area (Å²) in [5.74, 6) is 1.27. The van der Waals surface area contributed by atoms with Gasteiger partial charge >= 0.3 is 0 Å². The lowest BCUT2D eigenvalue weighted by molar-refractivity contribution is 0.489. The SMILES string of the molecule is CC(C)NCc1cnc2n1CCCC2.